The number of nitrogens with zero attached hydrogens (tertiary/aromatic N) is 3. The van der Waals surface area contributed by atoms with Crippen LogP contribution in [0.25, 0.3) is 10.9 Å². The first-order valence-corrected chi connectivity index (χ1v) is 9.16. The highest BCUT2D eigenvalue weighted by Gasteiger charge is 2.25. The first-order chi connectivity index (χ1) is 12.1. The third-order valence-electron chi connectivity index (χ3n) is 4.45. The molecule has 1 aromatic heterocycles. The van der Waals surface area contributed by atoms with E-state index in [1.807, 2.05) is 12.1 Å². The predicted octanol–water partition coefficient (Wildman–Crippen LogP) is 2.53. The van der Waals surface area contributed by atoms with Gasteiger partial charge in [0, 0.05) is 29.1 Å². The second-order valence-electron chi connectivity index (χ2n) is 5.89. The molecule has 0 radical (unpaired) electrons. The zero-order chi connectivity index (χ0) is 17.8. The van der Waals surface area contributed by atoms with Gasteiger partial charge in [-0.05, 0) is 24.8 Å². The van der Waals surface area contributed by atoms with Gasteiger partial charge in [-0.25, -0.2) is 9.97 Å². The molecule has 3 rings (SSSR count). The molecule has 1 unspecified atom stereocenters. The summed E-state index contributed by atoms with van der Waals surface area (Å²) in [6.07, 6.45) is 3.30. The van der Waals surface area contributed by atoms with Crippen molar-refractivity contribution in [1.82, 2.24) is 9.97 Å². The van der Waals surface area contributed by atoms with Gasteiger partial charge in [0.05, 0.1) is 19.7 Å². The Balaban J connectivity index is 1.81. The Labute approximate surface area is 146 Å². The van der Waals surface area contributed by atoms with Crippen molar-refractivity contribution < 1.29 is 23.5 Å². The first-order valence-electron chi connectivity index (χ1n) is 8.03. The van der Waals surface area contributed by atoms with Gasteiger partial charge in [-0.1, -0.05) is 0 Å². The van der Waals surface area contributed by atoms with Crippen molar-refractivity contribution in [1.29, 1.82) is 0 Å². The third kappa shape index (κ3) is 3.98. The summed E-state index contributed by atoms with van der Waals surface area (Å²) in [5.74, 6) is 2.42. The lowest BCUT2D eigenvalue weighted by atomic mass is 9.97. The van der Waals surface area contributed by atoms with E-state index in [1.54, 1.807) is 20.5 Å². The molecule has 2 heterocycles. The zero-order valence-corrected chi connectivity index (χ0v) is 15.1. The molecular formula is C16H21N3O5P+. The van der Waals surface area contributed by atoms with Gasteiger partial charge in [0.15, 0.2) is 11.5 Å². The van der Waals surface area contributed by atoms with Crippen LogP contribution in [-0.2, 0) is 9.09 Å². The fraction of sp³-hybridized carbons (Fsp3) is 0.500. The van der Waals surface area contributed by atoms with E-state index in [-0.39, 0.29) is 5.92 Å². The number of hydrogen-bond donors (Lipinski definition) is 1. The summed E-state index contributed by atoms with van der Waals surface area (Å²) in [6.45, 7) is 1.92. The summed E-state index contributed by atoms with van der Waals surface area (Å²) < 4.78 is 26.2. The van der Waals surface area contributed by atoms with Gasteiger partial charge in [0.1, 0.15) is 18.8 Å². The minimum absolute atomic E-state index is 0.282. The van der Waals surface area contributed by atoms with Crippen LogP contribution in [0.5, 0.6) is 11.5 Å². The van der Waals surface area contributed by atoms with Gasteiger partial charge in [-0.2, -0.15) is 0 Å². The number of fused-ring (bicyclic) bond motifs is 1. The van der Waals surface area contributed by atoms with Crippen LogP contribution in [0.15, 0.2) is 18.5 Å². The van der Waals surface area contributed by atoms with Gasteiger partial charge in [-0.3, -0.25) is 0 Å². The molecule has 1 fully saturated rings. The van der Waals surface area contributed by atoms with Gasteiger partial charge in [0.2, 0.25) is 0 Å². The molecule has 1 aliphatic heterocycles. The fourth-order valence-corrected chi connectivity index (χ4v) is 3.44. The Morgan fingerprint density at radius 1 is 1.20 bits per heavy atom. The zero-order valence-electron chi connectivity index (χ0n) is 14.2. The van der Waals surface area contributed by atoms with E-state index >= 15 is 0 Å². The molecule has 0 saturated carbocycles. The molecule has 2 aromatic rings. The van der Waals surface area contributed by atoms with Crippen LogP contribution in [0.3, 0.4) is 0 Å². The van der Waals surface area contributed by atoms with Crippen molar-refractivity contribution in [3.63, 3.8) is 0 Å². The van der Waals surface area contributed by atoms with Crippen LogP contribution in [0.1, 0.15) is 12.8 Å². The van der Waals surface area contributed by atoms with E-state index in [0.717, 1.165) is 42.7 Å². The summed E-state index contributed by atoms with van der Waals surface area (Å²) in [6, 6.07) is 3.74. The molecular weight excluding hydrogens is 345 g/mol. The maximum Gasteiger partial charge on any atom is 0.694 e. The molecule has 1 aliphatic rings. The van der Waals surface area contributed by atoms with E-state index in [2.05, 4.69) is 14.9 Å². The van der Waals surface area contributed by atoms with Crippen LogP contribution in [0, 0.1) is 5.92 Å². The average Bonchev–Trinajstić information content (AvgIpc) is 2.65. The molecule has 9 heteroatoms. The second kappa shape index (κ2) is 7.91. The highest BCUT2D eigenvalue weighted by molar-refractivity contribution is 7.32. The molecule has 1 N–H and O–H groups in total. The van der Waals surface area contributed by atoms with Gasteiger partial charge in [-0.15, -0.1) is 9.42 Å². The summed E-state index contributed by atoms with van der Waals surface area (Å²) in [7, 11) is 0.674. The van der Waals surface area contributed by atoms with E-state index in [0.29, 0.717) is 18.1 Å². The lowest BCUT2D eigenvalue weighted by Gasteiger charge is -2.32. The molecule has 1 atom stereocenters. The van der Waals surface area contributed by atoms with Crippen LogP contribution < -0.4 is 14.4 Å². The van der Waals surface area contributed by atoms with Crippen LogP contribution in [0.2, 0.25) is 0 Å². The highest BCUT2D eigenvalue weighted by Crippen LogP contribution is 2.35. The third-order valence-corrected chi connectivity index (χ3v) is 4.82. The van der Waals surface area contributed by atoms with E-state index < -0.39 is 8.25 Å². The molecule has 8 nitrogen and oxygen atoms in total. The number of hydrogen-bond acceptors (Lipinski definition) is 7. The summed E-state index contributed by atoms with van der Waals surface area (Å²) in [5.41, 5.74) is 0.797. The quantitative estimate of drug-likeness (QED) is 0.780. The molecule has 134 valence electrons. The van der Waals surface area contributed by atoms with Crippen LogP contribution in [0.4, 0.5) is 5.82 Å². The Morgan fingerprint density at radius 2 is 1.88 bits per heavy atom. The molecule has 0 spiro atoms. The largest absolute Gasteiger partial charge is 0.694 e. The number of anilines is 1. The van der Waals surface area contributed by atoms with Gasteiger partial charge >= 0.3 is 8.25 Å². The van der Waals surface area contributed by atoms with Crippen molar-refractivity contribution in [3.05, 3.63) is 18.5 Å². The maximum absolute atomic E-state index is 10.7. The Morgan fingerprint density at radius 3 is 2.52 bits per heavy atom. The molecule has 0 aliphatic carbocycles. The Bertz CT molecular complexity index is 765. The number of ether oxygens (including phenoxy) is 2. The first kappa shape index (κ1) is 17.8. The van der Waals surface area contributed by atoms with Crippen LogP contribution >= 0.6 is 8.25 Å². The highest BCUT2D eigenvalue weighted by atomic mass is 31.1. The second-order valence-corrected chi connectivity index (χ2v) is 6.62. The van der Waals surface area contributed by atoms with Crippen molar-refractivity contribution in [2.75, 3.05) is 38.8 Å². The Kier molecular flexibility index (Phi) is 5.63. The SMILES string of the molecule is COc1cc2ncnc(N3CCC(CO[P+](=O)O)CC3)c2cc1OC. The number of methoxy groups -OCH3 is 2. The van der Waals surface area contributed by atoms with Crippen molar-refractivity contribution in [3.8, 4) is 11.5 Å². The molecule has 0 amide bonds. The van der Waals surface area contributed by atoms with Crippen molar-refractivity contribution in [2.24, 2.45) is 5.92 Å². The van der Waals surface area contributed by atoms with Crippen molar-refractivity contribution in [2.45, 2.75) is 12.8 Å². The fourth-order valence-electron chi connectivity index (χ4n) is 3.10. The van der Waals surface area contributed by atoms with Crippen molar-refractivity contribution >= 4 is 25.0 Å². The molecule has 1 saturated heterocycles. The summed E-state index contributed by atoms with van der Waals surface area (Å²) >= 11 is 0. The van der Waals surface area contributed by atoms with E-state index in [1.165, 1.54) is 0 Å². The van der Waals surface area contributed by atoms with Gasteiger partial charge in [0.25, 0.3) is 0 Å². The number of aromatic nitrogens is 2. The maximum atomic E-state index is 10.7. The molecule has 25 heavy (non-hydrogen) atoms. The Hall–Kier alpha value is -2.02. The monoisotopic (exact) mass is 366 g/mol. The lowest BCUT2D eigenvalue weighted by molar-refractivity contribution is 0.210. The molecule has 1 aromatic carbocycles. The molecule has 0 bridgehead atoms. The van der Waals surface area contributed by atoms with Crippen LogP contribution in [-0.4, -0.2) is 48.8 Å². The predicted molar refractivity (Wildman–Crippen MR) is 93.4 cm³/mol. The minimum atomic E-state index is -2.52. The van der Waals surface area contributed by atoms with Gasteiger partial charge < -0.3 is 14.4 Å². The summed E-state index contributed by atoms with van der Waals surface area (Å²) in [4.78, 5) is 19.8. The minimum Gasteiger partial charge on any atom is -0.493 e. The standard InChI is InChI=1S/C16H20N3O5P/c1-22-14-7-12-13(8-15(14)23-2)17-10-18-16(12)19-5-3-11(4-6-19)9-24-25(20)21/h7-8,10-11H,3-6,9H2,1-2H3/p+1. The normalized spacial score (nSPS) is 16.1. The average molecular weight is 366 g/mol. The topological polar surface area (TPSA) is 94.0 Å². The summed E-state index contributed by atoms with van der Waals surface area (Å²) in [5, 5.41) is 0.910. The smallest absolute Gasteiger partial charge is 0.493 e. The van der Waals surface area contributed by atoms with E-state index in [9.17, 15) is 4.57 Å². The number of piperidine rings is 1. The van der Waals surface area contributed by atoms with E-state index in [4.69, 9.17) is 18.9 Å². The number of benzene rings is 1. The lowest BCUT2D eigenvalue weighted by Crippen LogP contribution is -2.35. The number of rotatable bonds is 6.